The van der Waals surface area contributed by atoms with E-state index in [4.69, 9.17) is 5.73 Å². The Bertz CT molecular complexity index is 578. The van der Waals surface area contributed by atoms with Gasteiger partial charge >= 0.3 is 0 Å². The average Bonchev–Trinajstić information content (AvgIpc) is 2.38. The second-order valence-electron chi connectivity index (χ2n) is 4.80. The molecule has 2 aromatic rings. The van der Waals surface area contributed by atoms with Gasteiger partial charge in [-0.15, -0.1) is 0 Å². The van der Waals surface area contributed by atoms with Crippen molar-refractivity contribution in [3.63, 3.8) is 0 Å². The van der Waals surface area contributed by atoms with Crippen LogP contribution in [0.1, 0.15) is 11.1 Å². The van der Waals surface area contributed by atoms with E-state index in [1.165, 1.54) is 12.1 Å². The first kappa shape index (κ1) is 14.2. The number of anilines is 1. The third-order valence-electron chi connectivity index (χ3n) is 2.94. The molecule has 0 bridgehead atoms. The molecule has 0 aliphatic carbocycles. The first-order valence-corrected chi connectivity index (χ1v) is 6.42. The molecule has 3 nitrogen and oxygen atoms in total. The van der Waals surface area contributed by atoms with Crippen LogP contribution >= 0.6 is 0 Å². The molecule has 2 aromatic carbocycles. The summed E-state index contributed by atoms with van der Waals surface area (Å²) in [5, 5.41) is 2.64. The van der Waals surface area contributed by atoms with Crippen LogP contribution in [0.3, 0.4) is 0 Å². The molecule has 0 unspecified atom stereocenters. The van der Waals surface area contributed by atoms with E-state index >= 15 is 0 Å². The minimum absolute atomic E-state index is 0.321. The van der Waals surface area contributed by atoms with Crippen LogP contribution in [0.4, 0.5) is 10.1 Å². The number of carbonyl (C=O) groups is 1. The maximum Gasteiger partial charge on any atom is 0.241 e. The van der Waals surface area contributed by atoms with Crippen LogP contribution in [0.25, 0.3) is 0 Å². The minimum Gasteiger partial charge on any atom is -0.325 e. The molecule has 0 aliphatic heterocycles. The van der Waals surface area contributed by atoms with Crippen molar-refractivity contribution in [3.8, 4) is 0 Å². The van der Waals surface area contributed by atoms with Crippen LogP contribution in [-0.4, -0.2) is 11.9 Å². The first-order valence-electron chi connectivity index (χ1n) is 6.42. The summed E-state index contributed by atoms with van der Waals surface area (Å²) in [6, 6.07) is 13.3. The highest BCUT2D eigenvalue weighted by molar-refractivity contribution is 5.94. The predicted octanol–water partition coefficient (Wildman–Crippen LogP) is 2.64. The Hall–Kier alpha value is -2.20. The largest absolute Gasteiger partial charge is 0.325 e. The molecular formula is C16H17FN2O. The zero-order valence-corrected chi connectivity index (χ0v) is 11.3. The summed E-state index contributed by atoms with van der Waals surface area (Å²) >= 11 is 0. The van der Waals surface area contributed by atoms with Gasteiger partial charge in [0.2, 0.25) is 5.91 Å². The van der Waals surface area contributed by atoms with Crippen LogP contribution in [0.2, 0.25) is 0 Å². The number of nitrogens with one attached hydrogen (secondary N) is 1. The van der Waals surface area contributed by atoms with Gasteiger partial charge in [-0.3, -0.25) is 4.79 Å². The maximum atomic E-state index is 13.2. The molecule has 4 heteroatoms. The van der Waals surface area contributed by atoms with Gasteiger partial charge in [0.15, 0.2) is 0 Å². The summed E-state index contributed by atoms with van der Waals surface area (Å²) in [5.41, 5.74) is 8.03. The summed E-state index contributed by atoms with van der Waals surface area (Å²) in [5.74, 6) is -0.698. The highest BCUT2D eigenvalue weighted by Crippen LogP contribution is 2.14. The van der Waals surface area contributed by atoms with E-state index in [1.807, 2.05) is 30.3 Å². The van der Waals surface area contributed by atoms with Gasteiger partial charge in [0, 0.05) is 5.69 Å². The summed E-state index contributed by atoms with van der Waals surface area (Å²) < 4.78 is 13.2. The molecule has 0 spiro atoms. The lowest BCUT2D eigenvalue weighted by Crippen LogP contribution is -2.37. The molecule has 0 aliphatic rings. The Morgan fingerprint density at radius 2 is 1.95 bits per heavy atom. The first-order chi connectivity index (χ1) is 9.54. The standard InChI is InChI=1S/C16H17FN2O/c1-11-7-13(17)10-14(8-11)19-16(20)15(18)9-12-5-3-2-4-6-12/h2-8,10,15H,9,18H2,1H3,(H,19,20)/t15-/m0/s1. The monoisotopic (exact) mass is 272 g/mol. The number of nitrogens with two attached hydrogens (primary N) is 1. The van der Waals surface area contributed by atoms with Crippen molar-refractivity contribution in [2.45, 2.75) is 19.4 Å². The van der Waals surface area contributed by atoms with Crippen LogP contribution in [0, 0.1) is 12.7 Å². The summed E-state index contributed by atoms with van der Waals surface area (Å²) in [6.45, 7) is 1.77. The van der Waals surface area contributed by atoms with Crippen LogP contribution in [-0.2, 0) is 11.2 Å². The van der Waals surface area contributed by atoms with Crippen molar-refractivity contribution in [2.75, 3.05) is 5.32 Å². The van der Waals surface area contributed by atoms with Crippen LogP contribution in [0.5, 0.6) is 0 Å². The van der Waals surface area contributed by atoms with Gasteiger partial charge in [-0.05, 0) is 42.7 Å². The number of halogens is 1. The Labute approximate surface area is 117 Å². The van der Waals surface area contributed by atoms with E-state index in [9.17, 15) is 9.18 Å². The lowest BCUT2D eigenvalue weighted by molar-refractivity contribution is -0.117. The van der Waals surface area contributed by atoms with Crippen molar-refractivity contribution >= 4 is 11.6 Å². The zero-order valence-electron chi connectivity index (χ0n) is 11.3. The minimum atomic E-state index is -0.666. The molecule has 3 N–H and O–H groups in total. The third kappa shape index (κ3) is 3.90. The topological polar surface area (TPSA) is 55.1 Å². The fourth-order valence-corrected chi connectivity index (χ4v) is 2.00. The predicted molar refractivity (Wildman–Crippen MR) is 77.9 cm³/mol. The van der Waals surface area contributed by atoms with Gasteiger partial charge < -0.3 is 11.1 Å². The van der Waals surface area contributed by atoms with E-state index < -0.39 is 6.04 Å². The van der Waals surface area contributed by atoms with E-state index in [2.05, 4.69) is 5.32 Å². The number of carbonyl (C=O) groups excluding carboxylic acids is 1. The van der Waals surface area contributed by atoms with Crippen molar-refractivity contribution in [1.29, 1.82) is 0 Å². The summed E-state index contributed by atoms with van der Waals surface area (Å²) in [4.78, 5) is 12.0. The summed E-state index contributed by atoms with van der Waals surface area (Å²) in [6.07, 6.45) is 0.445. The number of hydrogen-bond donors (Lipinski definition) is 2. The molecule has 0 saturated carbocycles. The highest BCUT2D eigenvalue weighted by Gasteiger charge is 2.14. The highest BCUT2D eigenvalue weighted by atomic mass is 19.1. The molecule has 0 saturated heterocycles. The average molecular weight is 272 g/mol. The van der Waals surface area contributed by atoms with Gasteiger partial charge in [0.25, 0.3) is 0 Å². The smallest absolute Gasteiger partial charge is 0.241 e. The number of aryl methyl sites for hydroxylation is 1. The number of benzene rings is 2. The van der Waals surface area contributed by atoms with E-state index in [0.717, 1.165) is 11.1 Å². The SMILES string of the molecule is Cc1cc(F)cc(NC(=O)[C@@H](N)Cc2ccccc2)c1. The van der Waals surface area contributed by atoms with Crippen molar-refractivity contribution in [1.82, 2.24) is 0 Å². The quantitative estimate of drug-likeness (QED) is 0.899. The molecular weight excluding hydrogens is 255 g/mol. The van der Waals surface area contributed by atoms with Crippen molar-refractivity contribution in [2.24, 2.45) is 5.73 Å². The Morgan fingerprint density at radius 1 is 1.25 bits per heavy atom. The fourth-order valence-electron chi connectivity index (χ4n) is 2.00. The number of hydrogen-bond acceptors (Lipinski definition) is 2. The zero-order chi connectivity index (χ0) is 14.5. The van der Waals surface area contributed by atoms with Crippen molar-refractivity contribution < 1.29 is 9.18 Å². The molecule has 0 radical (unpaired) electrons. The Morgan fingerprint density at radius 3 is 2.60 bits per heavy atom. The fraction of sp³-hybridized carbons (Fsp3) is 0.188. The van der Waals surface area contributed by atoms with E-state index in [1.54, 1.807) is 13.0 Å². The Balaban J connectivity index is 2.00. The van der Waals surface area contributed by atoms with E-state index in [-0.39, 0.29) is 11.7 Å². The van der Waals surface area contributed by atoms with Crippen LogP contribution < -0.4 is 11.1 Å². The molecule has 104 valence electrons. The molecule has 2 rings (SSSR count). The molecule has 0 heterocycles. The van der Waals surface area contributed by atoms with E-state index in [0.29, 0.717) is 12.1 Å². The van der Waals surface area contributed by atoms with Crippen LogP contribution in [0.15, 0.2) is 48.5 Å². The second kappa shape index (κ2) is 6.30. The summed E-state index contributed by atoms with van der Waals surface area (Å²) in [7, 11) is 0. The lowest BCUT2D eigenvalue weighted by atomic mass is 10.1. The third-order valence-corrected chi connectivity index (χ3v) is 2.94. The number of rotatable bonds is 4. The molecule has 0 aromatic heterocycles. The normalized spacial score (nSPS) is 11.9. The van der Waals surface area contributed by atoms with Gasteiger partial charge in [0.05, 0.1) is 6.04 Å². The molecule has 20 heavy (non-hydrogen) atoms. The molecule has 0 fully saturated rings. The molecule has 1 atom stereocenters. The van der Waals surface area contributed by atoms with Gasteiger partial charge in [-0.2, -0.15) is 0 Å². The van der Waals surface area contributed by atoms with Gasteiger partial charge in [-0.1, -0.05) is 30.3 Å². The Kier molecular flexibility index (Phi) is 4.48. The van der Waals surface area contributed by atoms with Gasteiger partial charge in [-0.25, -0.2) is 4.39 Å². The number of amides is 1. The molecule has 1 amide bonds. The van der Waals surface area contributed by atoms with Gasteiger partial charge in [0.1, 0.15) is 5.82 Å². The maximum absolute atomic E-state index is 13.2. The van der Waals surface area contributed by atoms with Crippen molar-refractivity contribution in [3.05, 3.63) is 65.5 Å². The second-order valence-corrected chi connectivity index (χ2v) is 4.80. The lowest BCUT2D eigenvalue weighted by Gasteiger charge is -2.13.